The molecule has 0 saturated heterocycles. The number of hydrogen-bond acceptors (Lipinski definition) is 3. The Morgan fingerprint density at radius 1 is 1.25 bits per heavy atom. The first kappa shape index (κ1) is 14.5. The van der Waals surface area contributed by atoms with Crippen molar-refractivity contribution in [3.63, 3.8) is 0 Å². The Hall–Kier alpha value is -1.92. The number of rotatable bonds is 3. The van der Waals surface area contributed by atoms with E-state index in [1.807, 2.05) is 0 Å². The lowest BCUT2D eigenvalue weighted by Gasteiger charge is -2.09. The molecular weight excluding hydrogens is 348 g/mol. The van der Waals surface area contributed by atoms with Gasteiger partial charge in [0.15, 0.2) is 0 Å². The lowest BCUT2D eigenvalue weighted by atomic mass is 10.1. The van der Waals surface area contributed by atoms with E-state index in [0.717, 1.165) is 0 Å². The topological polar surface area (TPSA) is 79.3 Å². The van der Waals surface area contributed by atoms with Crippen LogP contribution < -0.4 is 5.32 Å². The number of benzene rings is 1. The van der Waals surface area contributed by atoms with E-state index in [1.165, 1.54) is 30.6 Å². The van der Waals surface area contributed by atoms with Gasteiger partial charge in [-0.1, -0.05) is 27.5 Å². The summed E-state index contributed by atoms with van der Waals surface area (Å²) < 4.78 is 0.606. The number of anilines is 1. The van der Waals surface area contributed by atoms with Crippen molar-refractivity contribution in [2.75, 3.05) is 5.32 Å². The number of nitrogens with one attached hydrogen (secondary N) is 1. The van der Waals surface area contributed by atoms with E-state index in [2.05, 4.69) is 26.2 Å². The molecule has 1 aromatic heterocycles. The first-order chi connectivity index (χ1) is 9.49. The minimum absolute atomic E-state index is 0.0158. The Balaban J connectivity index is 2.33. The highest BCUT2D eigenvalue weighted by Gasteiger charge is 2.15. The van der Waals surface area contributed by atoms with Crippen molar-refractivity contribution >= 4 is 45.1 Å². The van der Waals surface area contributed by atoms with Gasteiger partial charge in [0, 0.05) is 16.9 Å². The van der Waals surface area contributed by atoms with Crippen molar-refractivity contribution in [2.24, 2.45) is 0 Å². The number of carbonyl (C=O) groups excluding carboxylic acids is 1. The lowest BCUT2D eigenvalue weighted by Crippen LogP contribution is -2.15. The van der Waals surface area contributed by atoms with Crippen LogP contribution in [-0.4, -0.2) is 22.0 Å². The molecule has 7 heteroatoms. The van der Waals surface area contributed by atoms with Gasteiger partial charge in [-0.2, -0.15) is 0 Å². The average molecular weight is 356 g/mol. The smallest absolute Gasteiger partial charge is 0.337 e. The van der Waals surface area contributed by atoms with Gasteiger partial charge in [-0.3, -0.25) is 9.78 Å². The van der Waals surface area contributed by atoms with E-state index in [-0.39, 0.29) is 21.8 Å². The van der Waals surface area contributed by atoms with Crippen LogP contribution in [0.4, 0.5) is 5.69 Å². The Kier molecular flexibility index (Phi) is 4.36. The number of aromatic nitrogens is 1. The van der Waals surface area contributed by atoms with Crippen LogP contribution in [-0.2, 0) is 0 Å². The normalized spacial score (nSPS) is 10.1. The SMILES string of the molecule is O=C(Nc1ccc(Br)cc1C(=O)O)c1ccncc1Cl. The van der Waals surface area contributed by atoms with Crippen molar-refractivity contribution in [3.8, 4) is 0 Å². The van der Waals surface area contributed by atoms with Gasteiger partial charge >= 0.3 is 5.97 Å². The highest BCUT2D eigenvalue weighted by Crippen LogP contribution is 2.23. The van der Waals surface area contributed by atoms with Crippen LogP contribution in [0.1, 0.15) is 20.7 Å². The molecule has 0 aliphatic carbocycles. The fourth-order valence-electron chi connectivity index (χ4n) is 1.55. The molecule has 0 saturated carbocycles. The van der Waals surface area contributed by atoms with E-state index < -0.39 is 11.9 Å². The third kappa shape index (κ3) is 3.15. The fraction of sp³-hybridized carbons (Fsp3) is 0. The van der Waals surface area contributed by atoms with E-state index in [0.29, 0.717) is 4.47 Å². The number of nitrogens with zero attached hydrogens (tertiary/aromatic N) is 1. The standard InChI is InChI=1S/C13H8BrClN2O3/c14-7-1-2-11(9(5-7)13(19)20)17-12(18)8-3-4-16-6-10(8)15/h1-6H,(H,17,18)(H,19,20). The van der Waals surface area contributed by atoms with Crippen LogP contribution in [0.5, 0.6) is 0 Å². The maximum absolute atomic E-state index is 12.1. The van der Waals surface area contributed by atoms with Gasteiger partial charge in [0.1, 0.15) is 0 Å². The molecule has 0 spiro atoms. The summed E-state index contributed by atoms with van der Waals surface area (Å²) >= 11 is 9.05. The summed E-state index contributed by atoms with van der Waals surface area (Å²) in [5.74, 6) is -1.63. The molecule has 0 unspecified atom stereocenters. The van der Waals surface area contributed by atoms with Gasteiger partial charge in [-0.05, 0) is 24.3 Å². The number of pyridine rings is 1. The quantitative estimate of drug-likeness (QED) is 0.884. The Bertz CT molecular complexity index is 691. The maximum Gasteiger partial charge on any atom is 0.337 e. The predicted molar refractivity (Wildman–Crippen MR) is 78.3 cm³/mol. The molecule has 1 heterocycles. The van der Waals surface area contributed by atoms with Crippen LogP contribution in [0.25, 0.3) is 0 Å². The van der Waals surface area contributed by atoms with E-state index in [1.54, 1.807) is 6.07 Å². The molecule has 0 bridgehead atoms. The minimum Gasteiger partial charge on any atom is -0.478 e. The summed E-state index contributed by atoms with van der Waals surface area (Å²) in [5, 5.41) is 11.8. The number of carboxylic acids is 1. The monoisotopic (exact) mass is 354 g/mol. The summed E-state index contributed by atoms with van der Waals surface area (Å²) in [7, 11) is 0. The van der Waals surface area contributed by atoms with Crippen molar-refractivity contribution in [3.05, 3.63) is 57.3 Å². The molecule has 1 aromatic carbocycles. The van der Waals surface area contributed by atoms with E-state index in [9.17, 15) is 9.59 Å². The second-order valence-corrected chi connectivity index (χ2v) is 5.13. The Labute approximate surface area is 127 Å². The molecule has 2 aromatic rings. The molecule has 1 amide bonds. The number of hydrogen-bond donors (Lipinski definition) is 2. The summed E-state index contributed by atoms with van der Waals surface area (Å²) in [4.78, 5) is 27.0. The van der Waals surface area contributed by atoms with Crippen LogP contribution in [0.3, 0.4) is 0 Å². The number of aromatic carboxylic acids is 1. The van der Waals surface area contributed by atoms with Crippen molar-refractivity contribution in [1.29, 1.82) is 0 Å². The highest BCUT2D eigenvalue weighted by molar-refractivity contribution is 9.10. The summed E-state index contributed by atoms with van der Waals surface area (Å²) in [5.41, 5.74) is 0.400. The van der Waals surface area contributed by atoms with Crippen LogP contribution in [0.15, 0.2) is 41.1 Å². The van der Waals surface area contributed by atoms with Crippen molar-refractivity contribution in [2.45, 2.75) is 0 Å². The second kappa shape index (κ2) is 6.02. The minimum atomic E-state index is -1.14. The lowest BCUT2D eigenvalue weighted by molar-refractivity contribution is 0.0698. The second-order valence-electron chi connectivity index (χ2n) is 3.80. The van der Waals surface area contributed by atoms with Crippen LogP contribution >= 0.6 is 27.5 Å². The first-order valence-corrected chi connectivity index (χ1v) is 6.60. The predicted octanol–water partition coefficient (Wildman–Crippen LogP) is 3.45. The van der Waals surface area contributed by atoms with E-state index >= 15 is 0 Å². The third-order valence-electron chi connectivity index (χ3n) is 2.48. The molecule has 2 N–H and O–H groups in total. The molecule has 2 rings (SSSR count). The zero-order valence-electron chi connectivity index (χ0n) is 9.93. The molecule has 102 valence electrons. The molecule has 5 nitrogen and oxygen atoms in total. The zero-order valence-corrected chi connectivity index (χ0v) is 12.3. The van der Waals surface area contributed by atoms with Gasteiger partial charge < -0.3 is 10.4 Å². The van der Waals surface area contributed by atoms with Gasteiger partial charge in [0.25, 0.3) is 5.91 Å². The zero-order chi connectivity index (χ0) is 14.7. The van der Waals surface area contributed by atoms with Gasteiger partial charge in [-0.25, -0.2) is 4.79 Å². The summed E-state index contributed by atoms with van der Waals surface area (Å²) in [6.45, 7) is 0. The number of amides is 1. The molecule has 0 atom stereocenters. The summed E-state index contributed by atoms with van der Waals surface area (Å²) in [6.07, 6.45) is 2.77. The van der Waals surface area contributed by atoms with Crippen molar-refractivity contribution < 1.29 is 14.7 Å². The number of carbonyl (C=O) groups is 2. The Morgan fingerprint density at radius 2 is 2.00 bits per heavy atom. The number of halogens is 2. The average Bonchev–Trinajstić information content (AvgIpc) is 2.41. The summed E-state index contributed by atoms with van der Waals surface area (Å²) in [6, 6.07) is 6.00. The molecular formula is C13H8BrClN2O3. The van der Waals surface area contributed by atoms with Gasteiger partial charge in [-0.15, -0.1) is 0 Å². The molecule has 0 fully saturated rings. The van der Waals surface area contributed by atoms with Gasteiger partial charge in [0.2, 0.25) is 0 Å². The van der Waals surface area contributed by atoms with Crippen LogP contribution in [0.2, 0.25) is 5.02 Å². The maximum atomic E-state index is 12.1. The van der Waals surface area contributed by atoms with Crippen LogP contribution in [0, 0.1) is 0 Å². The molecule has 0 aliphatic heterocycles. The first-order valence-electron chi connectivity index (χ1n) is 5.42. The molecule has 0 radical (unpaired) electrons. The van der Waals surface area contributed by atoms with E-state index in [4.69, 9.17) is 16.7 Å². The number of carboxylic acid groups (broad SMARTS) is 1. The van der Waals surface area contributed by atoms with Gasteiger partial charge in [0.05, 0.1) is 21.8 Å². The fourth-order valence-corrected chi connectivity index (χ4v) is 2.12. The Morgan fingerprint density at radius 3 is 2.65 bits per heavy atom. The van der Waals surface area contributed by atoms with Crippen molar-refractivity contribution in [1.82, 2.24) is 4.98 Å². The molecule has 20 heavy (non-hydrogen) atoms. The largest absolute Gasteiger partial charge is 0.478 e. The third-order valence-corrected chi connectivity index (χ3v) is 3.27. The molecule has 0 aliphatic rings. The highest BCUT2D eigenvalue weighted by atomic mass is 79.9.